The molecule has 1 aromatic carbocycles. The van der Waals surface area contributed by atoms with E-state index >= 15 is 0 Å². The zero-order valence-electron chi connectivity index (χ0n) is 14.6. The molecular weight excluding hydrogens is 401 g/mol. The first-order valence-corrected chi connectivity index (χ1v) is 9.28. The number of aromatic nitrogens is 6. The lowest BCUT2D eigenvalue weighted by atomic mass is 9.86. The van der Waals surface area contributed by atoms with Gasteiger partial charge in [0.2, 0.25) is 5.91 Å². The molecular formula is C18H13Cl2N7O. The summed E-state index contributed by atoms with van der Waals surface area (Å²) in [5, 5.41) is 20.9. The second-order valence-corrected chi connectivity index (χ2v) is 7.40. The van der Waals surface area contributed by atoms with Crippen LogP contribution >= 0.6 is 23.2 Å². The molecule has 0 aliphatic carbocycles. The van der Waals surface area contributed by atoms with Gasteiger partial charge in [-0.25, -0.2) is 0 Å². The van der Waals surface area contributed by atoms with Crippen molar-refractivity contribution >= 4 is 40.6 Å². The molecule has 8 nitrogen and oxygen atoms in total. The van der Waals surface area contributed by atoms with E-state index in [4.69, 9.17) is 23.2 Å². The van der Waals surface area contributed by atoms with Crippen LogP contribution in [0.15, 0.2) is 36.7 Å². The highest BCUT2D eigenvalue weighted by atomic mass is 35.5. The zero-order chi connectivity index (χ0) is 19.4. The predicted octanol–water partition coefficient (Wildman–Crippen LogP) is 3.40. The molecule has 0 radical (unpaired) electrons. The van der Waals surface area contributed by atoms with Crippen LogP contribution < -0.4 is 5.32 Å². The van der Waals surface area contributed by atoms with Crippen molar-refractivity contribution in [3.05, 3.63) is 63.5 Å². The van der Waals surface area contributed by atoms with Crippen molar-refractivity contribution in [1.29, 1.82) is 0 Å². The summed E-state index contributed by atoms with van der Waals surface area (Å²) in [6.07, 6.45) is 1.79. The van der Waals surface area contributed by atoms with Crippen LogP contribution in [-0.4, -0.2) is 35.5 Å². The molecule has 140 valence electrons. The monoisotopic (exact) mass is 413 g/mol. The predicted molar refractivity (Wildman–Crippen MR) is 104 cm³/mol. The third kappa shape index (κ3) is 2.64. The quantitative estimate of drug-likeness (QED) is 0.543. The molecule has 0 saturated carbocycles. The van der Waals surface area contributed by atoms with Gasteiger partial charge in [0.25, 0.3) is 0 Å². The van der Waals surface area contributed by atoms with E-state index in [-0.39, 0.29) is 18.2 Å². The Morgan fingerprint density at radius 2 is 2.04 bits per heavy atom. The minimum atomic E-state index is -0.221. The maximum Gasteiger partial charge on any atom is 0.226 e. The molecule has 1 amide bonds. The number of hydrogen-bond acceptors (Lipinski definition) is 5. The van der Waals surface area contributed by atoms with Gasteiger partial charge >= 0.3 is 0 Å². The molecule has 0 fully saturated rings. The molecule has 28 heavy (non-hydrogen) atoms. The number of rotatable bonds is 2. The number of nitrogens with zero attached hydrogens (tertiary/aromatic N) is 6. The molecule has 0 bridgehead atoms. The smallest absolute Gasteiger partial charge is 0.226 e. The SMILES string of the molecule is Cc1nn(-c2ccc3nncn3n2)c2c1[C@H](c1ccc(Cl)cc1Cl)CC(=O)N2. The van der Waals surface area contributed by atoms with E-state index in [0.717, 1.165) is 16.8 Å². The van der Waals surface area contributed by atoms with Crippen molar-refractivity contribution in [3.63, 3.8) is 0 Å². The number of aryl methyl sites for hydroxylation is 1. The van der Waals surface area contributed by atoms with E-state index in [2.05, 4.69) is 25.7 Å². The molecule has 1 N–H and O–H groups in total. The van der Waals surface area contributed by atoms with Gasteiger partial charge < -0.3 is 5.32 Å². The van der Waals surface area contributed by atoms with Gasteiger partial charge in [-0.3, -0.25) is 4.79 Å². The van der Waals surface area contributed by atoms with Crippen LogP contribution in [0.1, 0.15) is 29.2 Å². The molecule has 5 rings (SSSR count). The van der Waals surface area contributed by atoms with Gasteiger partial charge in [0.05, 0.1) is 5.69 Å². The Labute approximate surface area is 169 Å². The highest BCUT2D eigenvalue weighted by Crippen LogP contribution is 2.42. The number of nitrogens with one attached hydrogen (secondary N) is 1. The summed E-state index contributed by atoms with van der Waals surface area (Å²) in [6, 6.07) is 8.89. The third-order valence-corrected chi connectivity index (χ3v) is 5.37. The fourth-order valence-corrected chi connectivity index (χ4v) is 4.13. The fourth-order valence-electron chi connectivity index (χ4n) is 3.59. The Balaban J connectivity index is 1.69. The molecule has 1 atom stereocenters. The van der Waals surface area contributed by atoms with Gasteiger partial charge in [-0.05, 0) is 36.8 Å². The van der Waals surface area contributed by atoms with E-state index in [1.54, 1.807) is 33.5 Å². The molecule has 1 aliphatic rings. The summed E-state index contributed by atoms with van der Waals surface area (Å²) in [5.41, 5.74) is 3.16. The van der Waals surface area contributed by atoms with Crippen LogP contribution in [0.2, 0.25) is 10.0 Å². The fraction of sp³-hybridized carbons (Fsp3) is 0.167. The van der Waals surface area contributed by atoms with E-state index in [0.29, 0.717) is 27.3 Å². The average Bonchev–Trinajstić information content (AvgIpc) is 3.25. The van der Waals surface area contributed by atoms with E-state index in [1.165, 1.54) is 6.33 Å². The number of fused-ring (bicyclic) bond motifs is 2. The molecule has 4 aromatic rings. The number of carbonyl (C=O) groups is 1. The van der Waals surface area contributed by atoms with Crippen LogP contribution in [0.3, 0.4) is 0 Å². The minimum absolute atomic E-state index is 0.116. The number of anilines is 1. The minimum Gasteiger partial charge on any atom is -0.310 e. The van der Waals surface area contributed by atoms with Gasteiger partial charge in [0.1, 0.15) is 12.1 Å². The van der Waals surface area contributed by atoms with Gasteiger partial charge in [-0.1, -0.05) is 29.3 Å². The Morgan fingerprint density at radius 1 is 1.18 bits per heavy atom. The van der Waals surface area contributed by atoms with Gasteiger partial charge in [0.15, 0.2) is 11.5 Å². The summed E-state index contributed by atoms with van der Waals surface area (Å²) >= 11 is 12.5. The zero-order valence-corrected chi connectivity index (χ0v) is 16.1. The molecule has 1 aliphatic heterocycles. The standard InChI is InChI=1S/C18H13Cl2N7O/c1-9-17-12(11-3-2-10(19)6-13(11)20)7-16(28)22-18(17)27(24-9)15-5-4-14-23-21-8-26(14)25-15/h2-6,8,12H,7H2,1H3,(H,22,28)/t12-/m0/s1. The largest absolute Gasteiger partial charge is 0.310 e. The molecule has 0 spiro atoms. The highest BCUT2D eigenvalue weighted by molar-refractivity contribution is 6.35. The van der Waals surface area contributed by atoms with Crippen molar-refractivity contribution < 1.29 is 4.79 Å². The molecule has 4 heterocycles. The van der Waals surface area contributed by atoms with E-state index < -0.39 is 0 Å². The number of amides is 1. The van der Waals surface area contributed by atoms with E-state index in [9.17, 15) is 4.79 Å². The lowest BCUT2D eigenvalue weighted by Gasteiger charge is -2.25. The molecule has 10 heteroatoms. The van der Waals surface area contributed by atoms with Crippen LogP contribution in [0.25, 0.3) is 11.5 Å². The summed E-state index contributed by atoms with van der Waals surface area (Å²) < 4.78 is 3.18. The lowest BCUT2D eigenvalue weighted by Crippen LogP contribution is -2.25. The second-order valence-electron chi connectivity index (χ2n) is 6.56. The molecule has 0 unspecified atom stereocenters. The summed E-state index contributed by atoms with van der Waals surface area (Å²) in [5.74, 6) is 0.792. The first-order valence-electron chi connectivity index (χ1n) is 8.53. The Kier molecular flexibility index (Phi) is 3.85. The Hall–Kier alpha value is -2.97. The van der Waals surface area contributed by atoms with Gasteiger partial charge in [-0.2, -0.15) is 14.3 Å². The molecule has 0 saturated heterocycles. The average molecular weight is 414 g/mol. The van der Waals surface area contributed by atoms with Crippen molar-refractivity contribution in [2.24, 2.45) is 0 Å². The lowest BCUT2D eigenvalue weighted by molar-refractivity contribution is -0.116. The van der Waals surface area contributed by atoms with Crippen LogP contribution in [0.4, 0.5) is 5.82 Å². The number of carbonyl (C=O) groups excluding carboxylic acids is 1. The van der Waals surface area contributed by atoms with Gasteiger partial charge in [-0.15, -0.1) is 15.3 Å². The normalized spacial score (nSPS) is 16.2. The summed E-state index contributed by atoms with van der Waals surface area (Å²) in [7, 11) is 0. The van der Waals surface area contributed by atoms with Crippen molar-refractivity contribution in [2.45, 2.75) is 19.3 Å². The van der Waals surface area contributed by atoms with Crippen LogP contribution in [0, 0.1) is 6.92 Å². The number of hydrogen-bond donors (Lipinski definition) is 1. The van der Waals surface area contributed by atoms with Gasteiger partial charge in [0, 0.05) is 27.9 Å². The van der Waals surface area contributed by atoms with Crippen molar-refractivity contribution in [2.75, 3.05) is 5.32 Å². The van der Waals surface area contributed by atoms with Crippen LogP contribution in [0.5, 0.6) is 0 Å². The Bertz CT molecular complexity index is 1250. The number of benzene rings is 1. The van der Waals surface area contributed by atoms with Crippen molar-refractivity contribution in [3.8, 4) is 5.82 Å². The second kappa shape index (κ2) is 6.29. The number of halogens is 2. The highest BCUT2D eigenvalue weighted by Gasteiger charge is 2.34. The van der Waals surface area contributed by atoms with Crippen LogP contribution in [-0.2, 0) is 4.79 Å². The van der Waals surface area contributed by atoms with E-state index in [1.807, 2.05) is 13.0 Å². The summed E-state index contributed by atoms with van der Waals surface area (Å²) in [4.78, 5) is 12.5. The first kappa shape index (κ1) is 17.2. The Morgan fingerprint density at radius 3 is 2.86 bits per heavy atom. The maximum absolute atomic E-state index is 12.5. The topological polar surface area (TPSA) is 90.0 Å². The van der Waals surface area contributed by atoms with Crippen molar-refractivity contribution in [1.82, 2.24) is 29.6 Å². The summed E-state index contributed by atoms with van der Waals surface area (Å²) in [6.45, 7) is 1.90. The molecule has 3 aromatic heterocycles. The third-order valence-electron chi connectivity index (χ3n) is 4.81. The maximum atomic E-state index is 12.5. The first-order chi connectivity index (χ1) is 13.5.